The Hall–Kier alpha value is -1.70. The summed E-state index contributed by atoms with van der Waals surface area (Å²) in [5.74, 6) is -0.386. The normalized spacial score (nSPS) is 16.9. The van der Waals surface area contributed by atoms with Gasteiger partial charge in [0.05, 0.1) is 5.69 Å². The minimum atomic E-state index is -2.47. The second-order valence-electron chi connectivity index (χ2n) is 5.50. The number of hydrogen-bond donors (Lipinski definition) is 0. The summed E-state index contributed by atoms with van der Waals surface area (Å²) in [5, 5.41) is 0. The molecule has 0 atom stereocenters. The van der Waals surface area contributed by atoms with Gasteiger partial charge in [0.25, 0.3) is 0 Å². The maximum Gasteiger partial charge on any atom is 0.123 e. The Bertz CT molecular complexity index is 730. The Morgan fingerprint density at radius 1 is 1.26 bits per heavy atom. The molecule has 0 radical (unpaired) electrons. The van der Waals surface area contributed by atoms with E-state index in [0.29, 0.717) is 11.3 Å². The lowest BCUT2D eigenvalue weighted by Crippen LogP contribution is -2.10. The molecule has 0 aliphatic heterocycles. The Labute approximate surface area is 121 Å². The van der Waals surface area contributed by atoms with Crippen LogP contribution in [0.25, 0.3) is 11.3 Å². The molecule has 0 aliphatic rings. The van der Waals surface area contributed by atoms with E-state index in [0.717, 1.165) is 0 Å². The number of rotatable bonds is 2. The van der Waals surface area contributed by atoms with Gasteiger partial charge >= 0.3 is 0 Å². The molecule has 0 saturated carbocycles. The monoisotopic (exact) mass is 262 g/mol. The third-order valence-corrected chi connectivity index (χ3v) is 2.55. The fraction of sp³-hybridized carbons (Fsp3) is 0.353. The Morgan fingerprint density at radius 2 is 1.95 bits per heavy atom. The molecule has 0 amide bonds. The average Bonchev–Trinajstić information content (AvgIpc) is 2.45. The predicted octanol–water partition coefficient (Wildman–Crippen LogP) is 4.78. The molecule has 1 heterocycles. The Morgan fingerprint density at radius 3 is 2.53 bits per heavy atom. The lowest BCUT2D eigenvalue weighted by molar-refractivity contribution is 0.410. The maximum atomic E-state index is 13.1. The van der Waals surface area contributed by atoms with E-state index in [4.69, 9.17) is 6.85 Å². The zero-order valence-corrected chi connectivity index (χ0v) is 11.3. The van der Waals surface area contributed by atoms with E-state index in [1.165, 1.54) is 36.5 Å². The lowest BCUT2D eigenvalue weighted by Gasteiger charge is -2.20. The molecule has 2 heteroatoms. The van der Waals surface area contributed by atoms with Crippen LogP contribution in [0.4, 0.5) is 4.39 Å². The van der Waals surface area contributed by atoms with Gasteiger partial charge in [-0.15, -0.1) is 0 Å². The smallest absolute Gasteiger partial charge is 0.123 e. The summed E-state index contributed by atoms with van der Waals surface area (Å²) in [4.78, 5) is 4.15. The molecule has 0 N–H and O–H groups in total. The number of halogens is 1. The summed E-state index contributed by atoms with van der Waals surface area (Å²) >= 11 is 0. The number of pyridine rings is 1. The first-order chi connectivity index (χ1) is 10.8. The van der Waals surface area contributed by atoms with Crippen molar-refractivity contribution in [1.29, 1.82) is 0 Å². The molecule has 0 fully saturated rings. The fourth-order valence-electron chi connectivity index (χ4n) is 1.74. The zero-order valence-electron chi connectivity index (χ0n) is 16.3. The van der Waals surface area contributed by atoms with Crippen molar-refractivity contribution in [3.63, 3.8) is 0 Å². The van der Waals surface area contributed by atoms with E-state index >= 15 is 0 Å². The van der Waals surface area contributed by atoms with Crippen molar-refractivity contribution in [2.45, 2.75) is 34.0 Å². The topological polar surface area (TPSA) is 12.9 Å². The van der Waals surface area contributed by atoms with Crippen LogP contribution in [-0.2, 0) is 6.37 Å². The summed E-state index contributed by atoms with van der Waals surface area (Å²) in [7, 11) is 0. The lowest BCUT2D eigenvalue weighted by atomic mass is 9.86. The van der Waals surface area contributed by atoms with Crippen molar-refractivity contribution in [3.8, 4) is 11.3 Å². The van der Waals surface area contributed by atoms with Crippen molar-refractivity contribution >= 4 is 0 Å². The number of aromatic nitrogens is 1. The average molecular weight is 262 g/mol. The number of hydrogen-bond acceptors (Lipinski definition) is 1. The van der Waals surface area contributed by atoms with Gasteiger partial charge in [-0.2, -0.15) is 0 Å². The first-order valence-corrected chi connectivity index (χ1v) is 6.11. The number of aryl methyl sites for hydroxylation is 1. The molecule has 2 aromatic rings. The van der Waals surface area contributed by atoms with E-state index < -0.39 is 18.6 Å². The van der Waals surface area contributed by atoms with E-state index in [2.05, 4.69) is 4.98 Å². The number of benzene rings is 1. The quantitative estimate of drug-likeness (QED) is 0.758. The van der Waals surface area contributed by atoms with Gasteiger partial charge in [-0.1, -0.05) is 20.8 Å². The van der Waals surface area contributed by atoms with Gasteiger partial charge < -0.3 is 0 Å². The molecule has 0 bridgehead atoms. The van der Waals surface area contributed by atoms with Crippen molar-refractivity contribution in [3.05, 3.63) is 53.5 Å². The summed E-state index contributed by atoms with van der Waals surface area (Å²) < 4.78 is 53.1. The van der Waals surface area contributed by atoms with Gasteiger partial charge in [0.2, 0.25) is 0 Å². The Balaban J connectivity index is 2.69. The third kappa shape index (κ3) is 3.63. The standard InChI is InChI=1S/C17H20FN/c1-12-11-19-16(9-14(12)10-17(2,3)4)13-5-7-15(18)8-6-13/h5-9,11H,10H2,1-4H3/i1D3,10D2. The summed E-state index contributed by atoms with van der Waals surface area (Å²) in [6.45, 7) is 2.68. The molecule has 0 saturated heterocycles. The van der Waals surface area contributed by atoms with Crippen LogP contribution in [0.2, 0.25) is 0 Å². The van der Waals surface area contributed by atoms with Crippen LogP contribution in [0.3, 0.4) is 0 Å². The SMILES string of the molecule is [2H]C([2H])([2H])c1cnc(-c2ccc(F)cc2)cc1C([2H])([2H])C(C)(C)C. The minimum absolute atomic E-state index is 0.0873. The highest BCUT2D eigenvalue weighted by Crippen LogP contribution is 2.26. The van der Waals surface area contributed by atoms with Crippen LogP contribution < -0.4 is 0 Å². The van der Waals surface area contributed by atoms with Crippen LogP contribution in [-0.4, -0.2) is 4.98 Å². The van der Waals surface area contributed by atoms with Gasteiger partial charge in [-0.05, 0) is 60.1 Å². The van der Waals surface area contributed by atoms with Gasteiger partial charge in [0, 0.05) is 18.6 Å². The van der Waals surface area contributed by atoms with Crippen LogP contribution in [0, 0.1) is 18.1 Å². The van der Waals surface area contributed by atoms with Crippen molar-refractivity contribution in [1.82, 2.24) is 4.98 Å². The highest BCUT2D eigenvalue weighted by atomic mass is 19.1. The molecule has 0 unspecified atom stereocenters. The van der Waals surface area contributed by atoms with Crippen molar-refractivity contribution in [2.24, 2.45) is 5.41 Å². The van der Waals surface area contributed by atoms with E-state index in [-0.39, 0.29) is 16.9 Å². The van der Waals surface area contributed by atoms with Gasteiger partial charge in [0.15, 0.2) is 0 Å². The van der Waals surface area contributed by atoms with Crippen LogP contribution >= 0.6 is 0 Å². The summed E-state index contributed by atoms with van der Waals surface area (Å²) in [5.41, 5.74) is 0.178. The minimum Gasteiger partial charge on any atom is -0.256 e. The molecule has 2 rings (SSSR count). The molecule has 0 aliphatic carbocycles. The second-order valence-corrected chi connectivity index (χ2v) is 5.50. The molecule has 19 heavy (non-hydrogen) atoms. The van der Waals surface area contributed by atoms with Crippen LogP contribution in [0.1, 0.15) is 38.8 Å². The van der Waals surface area contributed by atoms with Crippen LogP contribution in [0.15, 0.2) is 36.5 Å². The summed E-state index contributed by atoms with van der Waals surface area (Å²) in [6.07, 6.45) is -0.682. The second kappa shape index (κ2) is 5.12. The van der Waals surface area contributed by atoms with E-state index in [1.54, 1.807) is 20.8 Å². The highest BCUT2D eigenvalue weighted by Gasteiger charge is 2.14. The molecular weight excluding hydrogens is 237 g/mol. The molecule has 1 aromatic heterocycles. The van der Waals surface area contributed by atoms with Crippen LogP contribution in [0.5, 0.6) is 0 Å². The Kier molecular flexibility index (Phi) is 2.28. The highest BCUT2D eigenvalue weighted by molar-refractivity contribution is 5.60. The predicted molar refractivity (Wildman–Crippen MR) is 77.5 cm³/mol. The van der Waals surface area contributed by atoms with Gasteiger partial charge in [-0.3, -0.25) is 4.98 Å². The van der Waals surface area contributed by atoms with E-state index in [1.807, 2.05) is 0 Å². The largest absolute Gasteiger partial charge is 0.256 e. The van der Waals surface area contributed by atoms with Crippen molar-refractivity contribution in [2.75, 3.05) is 0 Å². The van der Waals surface area contributed by atoms with Gasteiger partial charge in [0.1, 0.15) is 5.82 Å². The summed E-state index contributed by atoms with van der Waals surface area (Å²) in [6, 6.07) is 7.09. The first-order valence-electron chi connectivity index (χ1n) is 8.61. The molecule has 1 nitrogen and oxygen atoms in total. The molecular formula is C17H20FN. The molecule has 100 valence electrons. The third-order valence-electron chi connectivity index (χ3n) is 2.55. The van der Waals surface area contributed by atoms with E-state index in [9.17, 15) is 4.39 Å². The molecule has 0 spiro atoms. The number of nitrogens with zero attached hydrogens (tertiary/aromatic N) is 1. The maximum absolute atomic E-state index is 13.1. The van der Waals surface area contributed by atoms with Crippen molar-refractivity contribution < 1.29 is 11.2 Å². The fourth-order valence-corrected chi connectivity index (χ4v) is 1.74. The zero-order chi connectivity index (χ0) is 18.3. The molecule has 1 aromatic carbocycles. The first kappa shape index (κ1) is 8.47. The van der Waals surface area contributed by atoms with Gasteiger partial charge in [-0.25, -0.2) is 4.39 Å².